The molecule has 1 saturated heterocycles. The Morgan fingerprint density at radius 3 is 2.86 bits per heavy atom. The predicted molar refractivity (Wildman–Crippen MR) is 97.8 cm³/mol. The third-order valence-electron chi connectivity index (χ3n) is 4.32. The van der Waals surface area contributed by atoms with Crippen LogP contribution in [0.2, 0.25) is 0 Å². The van der Waals surface area contributed by atoms with E-state index in [2.05, 4.69) is 38.2 Å². The van der Waals surface area contributed by atoms with Gasteiger partial charge in [0.15, 0.2) is 17.7 Å². The Kier molecular flexibility index (Phi) is 6.50. The van der Waals surface area contributed by atoms with Gasteiger partial charge in [0.25, 0.3) is 7.82 Å². The Labute approximate surface area is 165 Å². The lowest BCUT2D eigenvalue weighted by atomic mass is 10.1. The molecule has 1 fully saturated rings. The molecule has 0 bridgehead atoms. The lowest BCUT2D eigenvalue weighted by Gasteiger charge is -2.20. The van der Waals surface area contributed by atoms with E-state index in [0.29, 0.717) is 6.42 Å². The van der Waals surface area contributed by atoms with Crippen molar-refractivity contribution in [3.63, 3.8) is 0 Å². The molecule has 0 aliphatic carbocycles. The highest BCUT2D eigenvalue weighted by Crippen LogP contribution is 2.36. The average molecular weight is 426 g/mol. The minimum atomic E-state index is -5.01. The summed E-state index contributed by atoms with van der Waals surface area (Å²) in [6, 6.07) is 0. The number of fused-ring (bicyclic) bond motifs is 1. The van der Waals surface area contributed by atoms with E-state index >= 15 is 0 Å². The maximum Gasteiger partial charge on any atom is 0.265 e. The van der Waals surface area contributed by atoms with Crippen molar-refractivity contribution < 1.29 is 33.8 Å². The van der Waals surface area contributed by atoms with Gasteiger partial charge in [-0.15, -0.1) is 0 Å². The van der Waals surface area contributed by atoms with E-state index in [0.717, 1.165) is 12.8 Å². The zero-order valence-electron chi connectivity index (χ0n) is 15.5. The first-order chi connectivity index (χ1) is 13.7. The molecule has 2 aromatic heterocycles. The number of phosphoric ester groups is 1. The molecule has 13 heteroatoms. The number of aliphatic hydroxyl groups is 2. The monoisotopic (exact) mass is 426 g/mol. The quantitative estimate of drug-likeness (QED) is 0.253. The minimum absolute atomic E-state index is 0.0917. The molecular formula is C16H21N5O7P-. The van der Waals surface area contributed by atoms with E-state index < -0.39 is 39.0 Å². The Bertz CT molecular complexity index is 981. The number of nitrogen functional groups attached to an aromatic ring is 1. The van der Waals surface area contributed by atoms with Crippen LogP contribution < -0.4 is 10.6 Å². The second-order valence-corrected chi connectivity index (χ2v) is 7.67. The van der Waals surface area contributed by atoms with Crippen molar-refractivity contribution in [1.82, 2.24) is 19.5 Å². The highest BCUT2D eigenvalue weighted by atomic mass is 31.2. The molecular weight excluding hydrogens is 405 g/mol. The van der Waals surface area contributed by atoms with Crippen LogP contribution in [0.5, 0.6) is 0 Å². The van der Waals surface area contributed by atoms with Gasteiger partial charge in [0, 0.05) is 6.42 Å². The summed E-state index contributed by atoms with van der Waals surface area (Å²) in [5.41, 5.74) is 6.41. The van der Waals surface area contributed by atoms with Crippen LogP contribution in [-0.4, -0.2) is 59.5 Å². The van der Waals surface area contributed by atoms with Crippen molar-refractivity contribution in [3.8, 4) is 11.8 Å². The van der Waals surface area contributed by atoms with Crippen molar-refractivity contribution in [1.29, 1.82) is 0 Å². The fourth-order valence-corrected chi connectivity index (χ4v) is 3.19. The van der Waals surface area contributed by atoms with E-state index in [1.807, 2.05) is 0 Å². The van der Waals surface area contributed by atoms with Crippen molar-refractivity contribution >= 4 is 24.8 Å². The van der Waals surface area contributed by atoms with Gasteiger partial charge < -0.3 is 35.0 Å². The van der Waals surface area contributed by atoms with E-state index in [1.165, 1.54) is 10.9 Å². The van der Waals surface area contributed by atoms with Gasteiger partial charge in [-0.25, -0.2) is 15.0 Å². The van der Waals surface area contributed by atoms with E-state index in [9.17, 15) is 19.7 Å². The van der Waals surface area contributed by atoms with Gasteiger partial charge in [-0.05, 0) is 12.3 Å². The second kappa shape index (κ2) is 8.73. The van der Waals surface area contributed by atoms with E-state index in [-0.39, 0.29) is 22.8 Å². The highest BCUT2D eigenvalue weighted by molar-refractivity contribution is 7.44. The molecule has 0 radical (unpaired) electrons. The Hall–Kier alpha value is -2.10. The van der Waals surface area contributed by atoms with Gasteiger partial charge in [-0.1, -0.05) is 19.3 Å². The molecule has 158 valence electrons. The molecule has 5 N–H and O–H groups in total. The summed E-state index contributed by atoms with van der Waals surface area (Å²) in [5.74, 6) is 6.04. The smallest absolute Gasteiger partial charge is 0.265 e. The van der Waals surface area contributed by atoms with Crippen molar-refractivity contribution in [2.75, 3.05) is 12.3 Å². The van der Waals surface area contributed by atoms with Gasteiger partial charge in [0.05, 0.1) is 12.9 Å². The molecule has 0 aromatic carbocycles. The highest BCUT2D eigenvalue weighted by Gasteiger charge is 2.44. The average Bonchev–Trinajstić information content (AvgIpc) is 3.19. The summed E-state index contributed by atoms with van der Waals surface area (Å²) >= 11 is 0. The molecule has 3 heterocycles. The van der Waals surface area contributed by atoms with Gasteiger partial charge in [-0.3, -0.25) is 9.13 Å². The third kappa shape index (κ3) is 4.91. The number of imidazole rings is 1. The van der Waals surface area contributed by atoms with Crippen molar-refractivity contribution in [2.24, 2.45) is 0 Å². The van der Waals surface area contributed by atoms with Crippen LogP contribution in [0.4, 0.5) is 5.82 Å². The number of anilines is 1. The molecule has 3 rings (SSSR count). The third-order valence-corrected chi connectivity index (χ3v) is 4.79. The van der Waals surface area contributed by atoms with Crippen LogP contribution in [0.1, 0.15) is 38.2 Å². The number of hydrogen-bond acceptors (Lipinski definition) is 10. The summed E-state index contributed by atoms with van der Waals surface area (Å²) in [6.07, 6.45) is -1.35. The van der Waals surface area contributed by atoms with Crippen LogP contribution in [0, 0.1) is 11.8 Å². The summed E-state index contributed by atoms with van der Waals surface area (Å²) in [6.45, 7) is 1.38. The van der Waals surface area contributed by atoms with E-state index in [1.54, 1.807) is 0 Å². The Morgan fingerprint density at radius 2 is 2.17 bits per heavy atom. The SMILES string of the molecule is CCCCC#Cc1nc(N)c2ncn(C3OC(COP(=O)([O-])O)C(O)C3O)c2n1. The maximum absolute atomic E-state index is 10.8. The number of nitrogens with zero attached hydrogens (tertiary/aromatic N) is 4. The predicted octanol–water partition coefficient (Wildman–Crippen LogP) is -0.953. The molecule has 29 heavy (non-hydrogen) atoms. The zero-order valence-corrected chi connectivity index (χ0v) is 16.4. The largest absolute Gasteiger partial charge is 0.756 e. The first-order valence-corrected chi connectivity index (χ1v) is 10.4. The van der Waals surface area contributed by atoms with Gasteiger partial charge in [0.2, 0.25) is 5.82 Å². The van der Waals surface area contributed by atoms with E-state index in [4.69, 9.17) is 15.4 Å². The Morgan fingerprint density at radius 1 is 1.41 bits per heavy atom. The fourth-order valence-electron chi connectivity index (χ4n) is 2.85. The maximum atomic E-state index is 10.8. The molecule has 12 nitrogen and oxygen atoms in total. The second-order valence-electron chi connectivity index (χ2n) is 6.47. The summed E-state index contributed by atoms with van der Waals surface area (Å²) in [7, 11) is -5.01. The molecule has 5 unspecified atom stereocenters. The van der Waals surface area contributed by atoms with Crippen LogP contribution in [0.15, 0.2) is 6.33 Å². The van der Waals surface area contributed by atoms with Crippen molar-refractivity contribution in [2.45, 2.75) is 50.7 Å². The first kappa shape index (κ1) is 21.6. The van der Waals surface area contributed by atoms with Gasteiger partial charge in [0.1, 0.15) is 23.8 Å². The number of aliphatic hydroxyl groups excluding tert-OH is 2. The van der Waals surface area contributed by atoms with Gasteiger partial charge in [-0.2, -0.15) is 0 Å². The van der Waals surface area contributed by atoms with Crippen LogP contribution in [0.3, 0.4) is 0 Å². The normalized spacial score (nSPS) is 26.2. The minimum Gasteiger partial charge on any atom is -0.756 e. The zero-order chi connectivity index (χ0) is 21.2. The Balaban J connectivity index is 1.87. The first-order valence-electron chi connectivity index (χ1n) is 8.90. The molecule has 0 amide bonds. The molecule has 5 atom stereocenters. The van der Waals surface area contributed by atoms with Crippen LogP contribution >= 0.6 is 7.82 Å². The molecule has 2 aromatic rings. The number of unbranched alkanes of at least 4 members (excludes halogenated alkanes) is 2. The number of ether oxygens (including phenoxy) is 1. The number of aromatic nitrogens is 4. The summed E-state index contributed by atoms with van der Waals surface area (Å²) in [4.78, 5) is 32.0. The van der Waals surface area contributed by atoms with Crippen LogP contribution in [-0.2, 0) is 13.8 Å². The number of phosphoric acid groups is 1. The summed E-state index contributed by atoms with van der Waals surface area (Å²) < 4.78 is 21.9. The number of nitrogens with two attached hydrogens (primary N) is 1. The van der Waals surface area contributed by atoms with Crippen LogP contribution in [0.25, 0.3) is 11.2 Å². The molecule has 0 saturated carbocycles. The molecule has 1 aliphatic rings. The summed E-state index contributed by atoms with van der Waals surface area (Å²) in [5, 5.41) is 20.5. The number of rotatable bonds is 6. The lowest BCUT2D eigenvalue weighted by molar-refractivity contribution is -0.222. The fraction of sp³-hybridized carbons (Fsp3) is 0.562. The topological polar surface area (TPSA) is 189 Å². The van der Waals surface area contributed by atoms with Gasteiger partial charge >= 0.3 is 0 Å². The number of hydrogen-bond donors (Lipinski definition) is 4. The lowest BCUT2D eigenvalue weighted by Crippen LogP contribution is -2.34. The molecule has 0 spiro atoms. The van der Waals surface area contributed by atoms with Crippen molar-refractivity contribution in [3.05, 3.63) is 12.2 Å². The molecule has 1 aliphatic heterocycles. The standard InChI is InChI=1S/C16H22N5O7P/c1-2-3-4-5-6-10-19-14(17)11-15(20-10)21(8-18-11)16-13(23)12(22)9(28-16)7-27-29(24,25)26/h8-9,12-13,16,22-23H,2-4,7H2,1H3,(H2,17,19,20)(H2,24,25,26)/p-1.